The fraction of sp³-hybridized carbons (Fsp3) is 0.444. The van der Waals surface area contributed by atoms with Crippen molar-refractivity contribution in [2.24, 2.45) is 5.92 Å². The quantitative estimate of drug-likeness (QED) is 0.805. The highest BCUT2D eigenvalue weighted by Gasteiger charge is 2.29. The van der Waals surface area contributed by atoms with E-state index in [2.05, 4.69) is 11.3 Å². The Balaban J connectivity index is 2.07. The number of carboxylic acids is 1. The number of hydrogen-bond acceptors (Lipinski definition) is 4. The van der Waals surface area contributed by atoms with Crippen LogP contribution in [0.15, 0.2) is 5.38 Å². The van der Waals surface area contributed by atoms with E-state index in [1.807, 2.05) is 10.3 Å². The Labute approximate surface area is 93.4 Å². The van der Waals surface area contributed by atoms with Crippen molar-refractivity contribution in [1.29, 1.82) is 0 Å². The molecule has 0 bridgehead atoms. The van der Waals surface area contributed by atoms with Crippen molar-refractivity contribution in [1.82, 2.24) is 4.98 Å². The van der Waals surface area contributed by atoms with Crippen molar-refractivity contribution in [2.45, 2.75) is 6.42 Å². The molecule has 0 aliphatic carbocycles. The van der Waals surface area contributed by atoms with Gasteiger partial charge in [-0.25, -0.2) is 4.98 Å². The molecule has 1 aromatic heterocycles. The van der Waals surface area contributed by atoms with E-state index in [1.54, 1.807) is 11.3 Å². The van der Waals surface area contributed by atoms with Gasteiger partial charge in [0.05, 0.1) is 5.92 Å². The second kappa shape index (κ2) is 4.29. The van der Waals surface area contributed by atoms with E-state index < -0.39 is 5.97 Å². The van der Waals surface area contributed by atoms with Crippen molar-refractivity contribution in [2.75, 3.05) is 18.0 Å². The summed E-state index contributed by atoms with van der Waals surface area (Å²) >= 11 is 1.56. The molecule has 0 amide bonds. The van der Waals surface area contributed by atoms with Gasteiger partial charge in [-0.2, -0.15) is 0 Å². The molecule has 4 nitrogen and oxygen atoms in total. The largest absolute Gasteiger partial charge is 0.481 e. The number of carbonyl (C=O) groups is 1. The Morgan fingerprint density at radius 1 is 1.80 bits per heavy atom. The predicted molar refractivity (Wildman–Crippen MR) is 63.7 cm³/mol. The van der Waals surface area contributed by atoms with Gasteiger partial charge in [-0.3, -0.25) is 4.79 Å². The first kappa shape index (κ1) is 10.6. The summed E-state index contributed by atoms with van der Waals surface area (Å²) in [5.41, 5.74) is 0.953. The molecule has 80 valence electrons. The number of carboxylic acid groups (broad SMARTS) is 1. The Morgan fingerprint density at radius 3 is 3.13 bits per heavy atom. The summed E-state index contributed by atoms with van der Waals surface area (Å²) in [6.45, 7) is 1.37. The van der Waals surface area contributed by atoms with Gasteiger partial charge in [-0.1, -0.05) is 14.5 Å². The zero-order valence-electron chi connectivity index (χ0n) is 8.09. The van der Waals surface area contributed by atoms with Crippen LogP contribution < -0.4 is 10.3 Å². The van der Waals surface area contributed by atoms with Gasteiger partial charge in [0, 0.05) is 18.5 Å². The maximum absolute atomic E-state index is 10.8. The number of rotatable bonds is 3. The van der Waals surface area contributed by atoms with Gasteiger partial charge < -0.3 is 10.0 Å². The van der Waals surface area contributed by atoms with E-state index in [1.165, 1.54) is 0 Å². The number of thiazole rings is 1. The minimum atomic E-state index is -0.704. The molecule has 1 aromatic rings. The van der Waals surface area contributed by atoms with Crippen LogP contribution in [0.2, 0.25) is 0 Å². The topological polar surface area (TPSA) is 53.4 Å². The van der Waals surface area contributed by atoms with Gasteiger partial charge in [0.1, 0.15) is 5.44 Å². The molecule has 0 radical (unpaired) electrons. The predicted octanol–water partition coefficient (Wildman–Crippen LogP) is 1.06. The van der Waals surface area contributed by atoms with Gasteiger partial charge in [-0.05, 0) is 6.42 Å². The van der Waals surface area contributed by atoms with Gasteiger partial charge in [0.25, 0.3) is 0 Å². The van der Waals surface area contributed by atoms with Gasteiger partial charge in [-0.15, -0.1) is 11.3 Å². The van der Waals surface area contributed by atoms with Gasteiger partial charge >= 0.3 is 5.97 Å². The van der Waals surface area contributed by atoms with E-state index in [0.29, 0.717) is 13.0 Å². The first-order valence-electron chi connectivity index (χ1n) is 4.60. The summed E-state index contributed by atoms with van der Waals surface area (Å²) in [6.07, 6.45) is 4.46. The minimum absolute atomic E-state index is 0.241. The lowest BCUT2D eigenvalue weighted by atomic mass is 10.1. The Kier molecular flexibility index (Phi) is 3.03. The van der Waals surface area contributed by atoms with E-state index in [9.17, 15) is 4.79 Å². The van der Waals surface area contributed by atoms with Crippen LogP contribution in [0, 0.1) is 5.92 Å². The lowest BCUT2D eigenvalue weighted by Gasteiger charge is -2.13. The summed E-state index contributed by atoms with van der Waals surface area (Å²) in [5, 5.41) is 11.8. The van der Waals surface area contributed by atoms with Crippen LogP contribution in [0.3, 0.4) is 0 Å². The molecule has 1 aliphatic rings. The standard InChI is InChI=1S/C9H11N2O2PS/c1-14-7-5-15-9(10-7)11-3-2-6(4-11)8(12)13/h5-6H,1-4H2,(H,12,13). The molecule has 0 aromatic carbocycles. The molecular weight excluding hydrogens is 231 g/mol. The highest BCUT2D eigenvalue weighted by molar-refractivity contribution is 7.46. The van der Waals surface area contributed by atoms with Crippen molar-refractivity contribution in [3.05, 3.63) is 5.38 Å². The van der Waals surface area contributed by atoms with Crippen LogP contribution in [-0.4, -0.2) is 35.4 Å². The number of aliphatic carboxylic acids is 1. The summed E-state index contributed by atoms with van der Waals surface area (Å²) in [4.78, 5) is 17.2. The van der Waals surface area contributed by atoms with Crippen LogP contribution in [0.5, 0.6) is 0 Å². The van der Waals surface area contributed by atoms with Crippen molar-refractivity contribution < 1.29 is 9.90 Å². The Morgan fingerprint density at radius 2 is 2.60 bits per heavy atom. The second-order valence-electron chi connectivity index (χ2n) is 3.42. The lowest BCUT2D eigenvalue weighted by molar-refractivity contribution is -0.140. The van der Waals surface area contributed by atoms with E-state index in [4.69, 9.17) is 5.11 Å². The third kappa shape index (κ3) is 2.19. The molecule has 1 atom stereocenters. The van der Waals surface area contributed by atoms with Gasteiger partial charge in [0.2, 0.25) is 0 Å². The fourth-order valence-corrected chi connectivity index (χ4v) is 3.03. The molecule has 1 unspecified atom stereocenters. The van der Waals surface area contributed by atoms with E-state index in [-0.39, 0.29) is 5.92 Å². The van der Waals surface area contributed by atoms with Crippen LogP contribution in [0.25, 0.3) is 0 Å². The fourth-order valence-electron chi connectivity index (χ4n) is 1.61. The zero-order valence-corrected chi connectivity index (χ0v) is 9.80. The molecule has 0 spiro atoms. The SMILES string of the molecule is C=Pc1csc(N2CCC(C(=O)O)C2)n1. The highest BCUT2D eigenvalue weighted by atomic mass is 32.1. The first-order chi connectivity index (χ1) is 7.20. The van der Waals surface area contributed by atoms with E-state index >= 15 is 0 Å². The minimum Gasteiger partial charge on any atom is -0.481 e. The Bertz CT molecular complexity index is 393. The number of aromatic nitrogens is 1. The normalized spacial score (nSPS) is 21.1. The zero-order chi connectivity index (χ0) is 10.8. The first-order valence-corrected chi connectivity index (χ1v) is 6.56. The lowest BCUT2D eigenvalue weighted by Crippen LogP contribution is -2.22. The maximum Gasteiger partial charge on any atom is 0.308 e. The molecule has 1 saturated heterocycles. The van der Waals surface area contributed by atoms with Gasteiger partial charge in [0.15, 0.2) is 5.13 Å². The molecule has 1 N–H and O–H groups in total. The molecular formula is C9H11N2O2PS. The van der Waals surface area contributed by atoms with Crippen LogP contribution in [0.4, 0.5) is 5.13 Å². The van der Waals surface area contributed by atoms with Crippen LogP contribution in [-0.2, 0) is 4.79 Å². The average molecular weight is 242 g/mol. The molecule has 2 rings (SSSR count). The van der Waals surface area contributed by atoms with Crippen molar-refractivity contribution in [3.63, 3.8) is 0 Å². The molecule has 6 heteroatoms. The third-order valence-corrected chi connectivity index (χ3v) is 4.08. The van der Waals surface area contributed by atoms with Crippen LogP contribution in [0.1, 0.15) is 6.42 Å². The number of hydrogen-bond donors (Lipinski definition) is 1. The molecule has 15 heavy (non-hydrogen) atoms. The maximum atomic E-state index is 10.8. The third-order valence-electron chi connectivity index (χ3n) is 2.45. The summed E-state index contributed by atoms with van der Waals surface area (Å²) in [6, 6.07) is 0. The second-order valence-corrected chi connectivity index (χ2v) is 5.03. The van der Waals surface area contributed by atoms with E-state index in [0.717, 1.165) is 25.3 Å². The van der Waals surface area contributed by atoms with Crippen LogP contribution >= 0.6 is 19.5 Å². The summed E-state index contributed by atoms with van der Waals surface area (Å²) < 4.78 is 0. The summed E-state index contributed by atoms with van der Waals surface area (Å²) in [5.74, 6) is -0.945. The Hall–Kier alpha value is -0.930. The molecule has 1 aliphatic heterocycles. The summed E-state index contributed by atoms with van der Waals surface area (Å²) in [7, 11) is 0.912. The number of nitrogens with zero attached hydrogens (tertiary/aromatic N) is 2. The van der Waals surface area contributed by atoms with Crippen molar-refractivity contribution in [3.8, 4) is 0 Å². The number of anilines is 1. The smallest absolute Gasteiger partial charge is 0.308 e. The van der Waals surface area contributed by atoms with Crippen molar-refractivity contribution >= 4 is 42.4 Å². The molecule has 2 heterocycles. The average Bonchev–Trinajstić information content (AvgIpc) is 2.86. The molecule has 1 fully saturated rings. The molecule has 0 saturated carbocycles. The monoisotopic (exact) mass is 242 g/mol. The highest BCUT2D eigenvalue weighted by Crippen LogP contribution is 2.25.